The predicted octanol–water partition coefficient (Wildman–Crippen LogP) is 1.08. The summed E-state index contributed by atoms with van der Waals surface area (Å²) in [6.07, 6.45) is 1.73. The third kappa shape index (κ3) is 1.77. The van der Waals surface area contributed by atoms with Crippen LogP contribution in [0.25, 0.3) is 0 Å². The number of hydrogen-bond acceptors (Lipinski definition) is 2. The smallest absolute Gasteiger partial charge is 0.138 e. The van der Waals surface area contributed by atoms with Crippen molar-refractivity contribution in [1.82, 2.24) is 4.67 Å². The highest BCUT2D eigenvalue weighted by molar-refractivity contribution is 7.13. The Balaban J connectivity index is 2.45. The average molecular weight is 159 g/mol. The Kier molecular flexibility index (Phi) is 2.82. The number of Topliss-reactive ketones (excluding diaryl/α,β-unsaturated/α-hetero) is 1. The van der Waals surface area contributed by atoms with Crippen LogP contribution in [0.3, 0.4) is 0 Å². The fraction of sp³-hybridized carbons (Fsp3) is 0.857. The van der Waals surface area contributed by atoms with Crippen molar-refractivity contribution in [2.24, 2.45) is 5.92 Å². The summed E-state index contributed by atoms with van der Waals surface area (Å²) in [6.45, 7) is 3.92. The summed E-state index contributed by atoms with van der Waals surface area (Å²) in [5, 5.41) is 0. The number of ketones is 1. The van der Waals surface area contributed by atoms with Crippen molar-refractivity contribution >= 4 is 15.2 Å². The van der Waals surface area contributed by atoms with Crippen LogP contribution in [0.4, 0.5) is 0 Å². The molecule has 0 aliphatic carbocycles. The molecule has 1 aliphatic rings. The van der Waals surface area contributed by atoms with Gasteiger partial charge in [0.25, 0.3) is 0 Å². The minimum Gasteiger partial charge on any atom is -0.299 e. The van der Waals surface area contributed by atoms with Gasteiger partial charge in [-0.2, -0.15) is 0 Å². The van der Waals surface area contributed by atoms with E-state index in [1.807, 2.05) is 0 Å². The van der Waals surface area contributed by atoms with Gasteiger partial charge in [-0.1, -0.05) is 16.3 Å². The van der Waals surface area contributed by atoms with Crippen molar-refractivity contribution in [3.8, 4) is 0 Å². The van der Waals surface area contributed by atoms with Gasteiger partial charge in [-0.15, -0.1) is 0 Å². The number of carbonyl (C=O) groups is 1. The monoisotopic (exact) mass is 159 g/mol. The SMILES string of the molecule is CCC1CN(P)CCC1=O. The number of hydrogen-bond donors (Lipinski definition) is 0. The lowest BCUT2D eigenvalue weighted by Crippen LogP contribution is -2.34. The highest BCUT2D eigenvalue weighted by Crippen LogP contribution is 2.17. The van der Waals surface area contributed by atoms with Gasteiger partial charge in [0.2, 0.25) is 0 Å². The molecular weight excluding hydrogens is 145 g/mol. The molecule has 0 bridgehead atoms. The van der Waals surface area contributed by atoms with E-state index in [2.05, 4.69) is 21.0 Å². The van der Waals surface area contributed by atoms with E-state index in [1.165, 1.54) is 0 Å². The van der Waals surface area contributed by atoms with Gasteiger partial charge >= 0.3 is 0 Å². The van der Waals surface area contributed by atoms with E-state index in [-0.39, 0.29) is 0 Å². The Bertz CT molecular complexity index is 138. The second-order valence-electron chi connectivity index (χ2n) is 2.82. The van der Waals surface area contributed by atoms with E-state index >= 15 is 0 Å². The maximum absolute atomic E-state index is 11.1. The van der Waals surface area contributed by atoms with Crippen LogP contribution < -0.4 is 0 Å². The lowest BCUT2D eigenvalue weighted by Gasteiger charge is -2.27. The van der Waals surface area contributed by atoms with Crippen molar-refractivity contribution in [2.75, 3.05) is 13.1 Å². The molecule has 0 radical (unpaired) electrons. The maximum Gasteiger partial charge on any atom is 0.138 e. The standard InChI is InChI=1S/C7H14NOP/c1-2-6-5-8(10)4-3-7(6)9/h6H,2-5,10H2,1H3. The van der Waals surface area contributed by atoms with Crippen LogP contribution >= 0.6 is 9.39 Å². The first-order valence-electron chi connectivity index (χ1n) is 3.76. The largest absolute Gasteiger partial charge is 0.299 e. The van der Waals surface area contributed by atoms with Gasteiger partial charge in [-0.3, -0.25) is 9.46 Å². The molecule has 0 N–H and O–H groups in total. The summed E-state index contributed by atoms with van der Waals surface area (Å²) in [4.78, 5) is 11.1. The van der Waals surface area contributed by atoms with E-state index in [0.717, 1.165) is 25.9 Å². The zero-order valence-corrected chi connectivity index (χ0v) is 7.49. The first-order chi connectivity index (χ1) is 4.74. The van der Waals surface area contributed by atoms with Crippen LogP contribution in [0.5, 0.6) is 0 Å². The molecule has 2 atom stereocenters. The van der Waals surface area contributed by atoms with Gasteiger partial charge in [-0.05, 0) is 6.42 Å². The molecule has 0 aromatic carbocycles. The first kappa shape index (κ1) is 8.16. The van der Waals surface area contributed by atoms with Crippen molar-refractivity contribution in [2.45, 2.75) is 19.8 Å². The highest BCUT2D eigenvalue weighted by Gasteiger charge is 2.22. The van der Waals surface area contributed by atoms with Gasteiger partial charge < -0.3 is 0 Å². The van der Waals surface area contributed by atoms with Gasteiger partial charge in [-0.25, -0.2) is 0 Å². The zero-order valence-electron chi connectivity index (χ0n) is 6.34. The molecule has 0 amide bonds. The van der Waals surface area contributed by atoms with Crippen molar-refractivity contribution in [3.63, 3.8) is 0 Å². The van der Waals surface area contributed by atoms with Crippen LogP contribution in [0.2, 0.25) is 0 Å². The van der Waals surface area contributed by atoms with E-state index < -0.39 is 0 Å². The van der Waals surface area contributed by atoms with Gasteiger partial charge in [0.1, 0.15) is 5.78 Å². The van der Waals surface area contributed by atoms with E-state index in [9.17, 15) is 4.79 Å². The van der Waals surface area contributed by atoms with Gasteiger partial charge in [0.15, 0.2) is 0 Å². The number of nitrogens with zero attached hydrogens (tertiary/aromatic N) is 1. The fourth-order valence-corrected chi connectivity index (χ4v) is 1.67. The summed E-state index contributed by atoms with van der Waals surface area (Å²) in [7, 11) is 2.66. The van der Waals surface area contributed by atoms with Crippen molar-refractivity contribution in [1.29, 1.82) is 0 Å². The molecule has 0 aromatic rings. The number of carbonyl (C=O) groups excluding carboxylic acids is 1. The van der Waals surface area contributed by atoms with E-state index in [1.54, 1.807) is 0 Å². The predicted molar refractivity (Wildman–Crippen MR) is 44.7 cm³/mol. The molecule has 2 nitrogen and oxygen atoms in total. The molecule has 1 rings (SSSR count). The van der Waals surface area contributed by atoms with Crippen molar-refractivity contribution < 1.29 is 4.79 Å². The van der Waals surface area contributed by atoms with Crippen LogP contribution in [-0.2, 0) is 4.79 Å². The zero-order chi connectivity index (χ0) is 7.56. The quantitative estimate of drug-likeness (QED) is 0.533. The molecular formula is C7H14NOP. The molecule has 2 unspecified atom stereocenters. The summed E-state index contributed by atoms with van der Waals surface area (Å²) in [6, 6.07) is 0. The molecule has 0 spiro atoms. The molecule has 10 heavy (non-hydrogen) atoms. The van der Waals surface area contributed by atoms with Gasteiger partial charge in [0.05, 0.1) is 0 Å². The molecule has 1 heterocycles. The Morgan fingerprint density at radius 3 is 3.00 bits per heavy atom. The number of rotatable bonds is 1. The summed E-state index contributed by atoms with van der Waals surface area (Å²) in [5.74, 6) is 0.743. The topological polar surface area (TPSA) is 20.3 Å². The lowest BCUT2D eigenvalue weighted by molar-refractivity contribution is -0.125. The number of piperidine rings is 1. The maximum atomic E-state index is 11.1. The third-order valence-corrected chi connectivity index (χ3v) is 2.52. The van der Waals surface area contributed by atoms with Crippen LogP contribution in [0, 0.1) is 5.92 Å². The fourth-order valence-electron chi connectivity index (χ4n) is 1.29. The molecule has 0 saturated carbocycles. The average Bonchev–Trinajstić information content (AvgIpc) is 1.94. The van der Waals surface area contributed by atoms with Crippen LogP contribution in [0.15, 0.2) is 0 Å². The van der Waals surface area contributed by atoms with E-state index in [4.69, 9.17) is 0 Å². The Labute approximate surface area is 64.2 Å². The molecule has 3 heteroatoms. The van der Waals surface area contributed by atoms with Crippen LogP contribution in [-0.4, -0.2) is 23.5 Å². The normalized spacial score (nSPS) is 29.0. The van der Waals surface area contributed by atoms with Crippen LogP contribution in [0.1, 0.15) is 19.8 Å². The highest BCUT2D eigenvalue weighted by atomic mass is 31.0. The summed E-state index contributed by atoms with van der Waals surface area (Å²) in [5.41, 5.74) is 0. The molecule has 0 aromatic heterocycles. The van der Waals surface area contributed by atoms with E-state index in [0.29, 0.717) is 11.7 Å². The second kappa shape index (κ2) is 3.45. The Morgan fingerprint density at radius 2 is 2.50 bits per heavy atom. The molecule has 1 aliphatic heterocycles. The Morgan fingerprint density at radius 1 is 1.80 bits per heavy atom. The summed E-state index contributed by atoms with van der Waals surface area (Å²) < 4.78 is 2.15. The molecule has 58 valence electrons. The van der Waals surface area contributed by atoms with Crippen molar-refractivity contribution in [3.05, 3.63) is 0 Å². The molecule has 1 saturated heterocycles. The minimum atomic E-state index is 0.297. The molecule has 1 fully saturated rings. The Hall–Kier alpha value is 0.0600. The summed E-state index contributed by atoms with van der Waals surface area (Å²) >= 11 is 0. The lowest BCUT2D eigenvalue weighted by atomic mass is 9.96. The first-order valence-corrected chi connectivity index (χ1v) is 4.28. The minimum absolute atomic E-state index is 0.297. The second-order valence-corrected chi connectivity index (χ2v) is 3.55. The van der Waals surface area contributed by atoms with Gasteiger partial charge in [0, 0.05) is 25.4 Å². The third-order valence-electron chi connectivity index (χ3n) is 2.05.